The Hall–Kier alpha value is -1.06. The highest BCUT2D eigenvalue weighted by atomic mass is 16.5. The molecule has 3 heteroatoms. The molecule has 17 heavy (non-hydrogen) atoms. The van der Waals surface area contributed by atoms with E-state index in [4.69, 9.17) is 4.74 Å². The number of nitrogens with one attached hydrogen (secondary N) is 1. The Morgan fingerprint density at radius 1 is 1.35 bits per heavy atom. The van der Waals surface area contributed by atoms with Crippen molar-refractivity contribution < 1.29 is 9.84 Å². The topological polar surface area (TPSA) is 41.5 Å². The van der Waals surface area contributed by atoms with Gasteiger partial charge in [0.15, 0.2) is 0 Å². The van der Waals surface area contributed by atoms with Gasteiger partial charge in [-0.25, -0.2) is 0 Å². The molecule has 1 aliphatic carbocycles. The largest absolute Gasteiger partial charge is 0.497 e. The van der Waals surface area contributed by atoms with E-state index in [0.29, 0.717) is 18.5 Å². The Kier molecular flexibility index (Phi) is 4.02. The summed E-state index contributed by atoms with van der Waals surface area (Å²) in [5, 5.41) is 12.6. The molecule has 0 aromatic heterocycles. The van der Waals surface area contributed by atoms with Gasteiger partial charge in [-0.1, -0.05) is 12.1 Å². The molecule has 1 aromatic rings. The van der Waals surface area contributed by atoms with Gasteiger partial charge in [0.1, 0.15) is 5.75 Å². The number of methoxy groups -OCH3 is 1. The zero-order valence-electron chi connectivity index (χ0n) is 10.5. The number of aliphatic hydroxyl groups is 1. The quantitative estimate of drug-likeness (QED) is 0.819. The molecule has 2 N–H and O–H groups in total. The first-order chi connectivity index (χ1) is 8.19. The van der Waals surface area contributed by atoms with E-state index in [2.05, 4.69) is 17.4 Å². The van der Waals surface area contributed by atoms with Gasteiger partial charge in [0.25, 0.3) is 0 Å². The highest BCUT2D eigenvalue weighted by Crippen LogP contribution is 2.37. The van der Waals surface area contributed by atoms with Crippen LogP contribution in [0.25, 0.3) is 0 Å². The summed E-state index contributed by atoms with van der Waals surface area (Å²) in [6.07, 6.45) is 2.08. The molecule has 0 heterocycles. The number of ether oxygens (including phenoxy) is 1. The molecule has 0 radical (unpaired) electrons. The molecular weight excluding hydrogens is 214 g/mol. The Morgan fingerprint density at radius 3 is 2.53 bits per heavy atom. The summed E-state index contributed by atoms with van der Waals surface area (Å²) in [7, 11) is 1.69. The predicted octanol–water partition coefficient (Wildman–Crippen LogP) is 1.91. The van der Waals surface area contributed by atoms with Crippen molar-refractivity contribution in [1.29, 1.82) is 0 Å². The third kappa shape index (κ3) is 3.20. The number of hydrogen-bond donors (Lipinski definition) is 2. The van der Waals surface area contributed by atoms with Crippen molar-refractivity contribution >= 4 is 0 Å². The van der Waals surface area contributed by atoms with Crippen molar-refractivity contribution in [1.82, 2.24) is 5.32 Å². The maximum Gasteiger partial charge on any atom is 0.118 e. The van der Waals surface area contributed by atoms with Gasteiger partial charge in [0.05, 0.1) is 13.2 Å². The molecule has 1 fully saturated rings. The number of aliphatic hydroxyl groups excluding tert-OH is 1. The van der Waals surface area contributed by atoms with E-state index in [0.717, 1.165) is 5.75 Å². The molecule has 0 bridgehead atoms. The minimum atomic E-state index is -0.255. The average Bonchev–Trinajstić information content (AvgIpc) is 2.27. The smallest absolute Gasteiger partial charge is 0.118 e. The normalized spacial score (nSPS) is 25.1. The molecule has 0 spiro atoms. The van der Waals surface area contributed by atoms with Gasteiger partial charge in [-0.15, -0.1) is 0 Å². The second-order valence-electron chi connectivity index (χ2n) is 4.90. The fourth-order valence-corrected chi connectivity index (χ4v) is 2.27. The Bertz CT molecular complexity index is 342. The molecule has 1 saturated carbocycles. The maximum atomic E-state index is 9.19. The van der Waals surface area contributed by atoms with Gasteiger partial charge < -0.3 is 15.2 Å². The number of rotatable bonds is 5. The molecule has 0 saturated heterocycles. The van der Waals surface area contributed by atoms with Gasteiger partial charge in [-0.3, -0.25) is 0 Å². The molecule has 1 aromatic carbocycles. The van der Waals surface area contributed by atoms with Crippen LogP contribution in [0.5, 0.6) is 5.75 Å². The van der Waals surface area contributed by atoms with Gasteiger partial charge in [0.2, 0.25) is 0 Å². The van der Waals surface area contributed by atoms with Crippen LogP contribution in [0.15, 0.2) is 24.3 Å². The predicted molar refractivity (Wildman–Crippen MR) is 68.4 cm³/mol. The van der Waals surface area contributed by atoms with Crippen LogP contribution in [-0.4, -0.2) is 30.9 Å². The minimum Gasteiger partial charge on any atom is -0.497 e. The van der Waals surface area contributed by atoms with Crippen molar-refractivity contribution in [2.45, 2.75) is 37.8 Å². The van der Waals surface area contributed by atoms with Gasteiger partial charge in [-0.05, 0) is 43.4 Å². The zero-order chi connectivity index (χ0) is 12.3. The third-order valence-corrected chi connectivity index (χ3v) is 3.43. The summed E-state index contributed by atoms with van der Waals surface area (Å²) in [4.78, 5) is 0. The van der Waals surface area contributed by atoms with Crippen LogP contribution < -0.4 is 10.1 Å². The van der Waals surface area contributed by atoms with Crippen LogP contribution in [0.4, 0.5) is 0 Å². The maximum absolute atomic E-state index is 9.19. The van der Waals surface area contributed by atoms with Crippen LogP contribution in [0.2, 0.25) is 0 Å². The van der Waals surface area contributed by atoms with Crippen molar-refractivity contribution in [2.75, 3.05) is 13.7 Å². The molecule has 0 aliphatic heterocycles. The van der Waals surface area contributed by atoms with E-state index in [-0.39, 0.29) is 6.10 Å². The van der Waals surface area contributed by atoms with E-state index in [9.17, 15) is 5.11 Å². The lowest BCUT2D eigenvalue weighted by Crippen LogP contribution is -2.42. The van der Waals surface area contributed by atoms with Crippen LogP contribution >= 0.6 is 0 Å². The van der Waals surface area contributed by atoms with Crippen LogP contribution in [-0.2, 0) is 0 Å². The number of hydrogen-bond acceptors (Lipinski definition) is 3. The van der Waals surface area contributed by atoms with Gasteiger partial charge in [0, 0.05) is 12.6 Å². The van der Waals surface area contributed by atoms with Crippen LogP contribution in [0, 0.1) is 0 Å². The fraction of sp³-hybridized carbons (Fsp3) is 0.571. The lowest BCUT2D eigenvalue weighted by atomic mass is 9.76. The van der Waals surface area contributed by atoms with Crippen LogP contribution in [0.1, 0.15) is 31.2 Å². The zero-order valence-corrected chi connectivity index (χ0v) is 10.5. The van der Waals surface area contributed by atoms with Crippen molar-refractivity contribution in [2.24, 2.45) is 0 Å². The second-order valence-corrected chi connectivity index (χ2v) is 4.90. The lowest BCUT2D eigenvalue weighted by molar-refractivity contribution is 0.171. The standard InChI is InChI=1S/C14H21NO2/c1-10(16)9-15-13-7-12(8-13)11-3-5-14(17-2)6-4-11/h3-6,10,12-13,15-16H,7-9H2,1-2H3. The molecule has 94 valence electrons. The van der Waals surface area contributed by atoms with Crippen LogP contribution in [0.3, 0.4) is 0 Å². The van der Waals surface area contributed by atoms with E-state index in [1.807, 2.05) is 19.1 Å². The minimum absolute atomic E-state index is 0.255. The third-order valence-electron chi connectivity index (χ3n) is 3.43. The summed E-state index contributed by atoms with van der Waals surface area (Å²) < 4.78 is 5.15. The summed E-state index contributed by atoms with van der Waals surface area (Å²) >= 11 is 0. The fourth-order valence-electron chi connectivity index (χ4n) is 2.27. The number of benzene rings is 1. The SMILES string of the molecule is COc1ccc(C2CC(NCC(C)O)C2)cc1. The monoisotopic (exact) mass is 235 g/mol. The molecule has 2 rings (SSSR count). The molecular formula is C14H21NO2. The van der Waals surface area contributed by atoms with E-state index in [1.54, 1.807) is 7.11 Å². The Balaban J connectivity index is 1.78. The summed E-state index contributed by atoms with van der Waals surface area (Å²) in [6, 6.07) is 8.90. The lowest BCUT2D eigenvalue weighted by Gasteiger charge is -2.36. The molecule has 3 nitrogen and oxygen atoms in total. The summed E-state index contributed by atoms with van der Waals surface area (Å²) in [5.41, 5.74) is 1.39. The highest BCUT2D eigenvalue weighted by Gasteiger charge is 2.29. The average molecular weight is 235 g/mol. The van der Waals surface area contributed by atoms with Crippen molar-refractivity contribution in [3.8, 4) is 5.75 Å². The summed E-state index contributed by atoms with van der Waals surface area (Å²) in [5.74, 6) is 1.57. The van der Waals surface area contributed by atoms with Gasteiger partial charge in [-0.2, -0.15) is 0 Å². The summed E-state index contributed by atoms with van der Waals surface area (Å²) in [6.45, 7) is 2.51. The second kappa shape index (κ2) is 5.52. The Labute approximate surface area is 103 Å². The van der Waals surface area contributed by atoms with Gasteiger partial charge >= 0.3 is 0 Å². The molecule has 0 amide bonds. The Morgan fingerprint density at radius 2 is 2.00 bits per heavy atom. The van der Waals surface area contributed by atoms with E-state index >= 15 is 0 Å². The van der Waals surface area contributed by atoms with E-state index < -0.39 is 0 Å². The molecule has 1 aliphatic rings. The highest BCUT2D eigenvalue weighted by molar-refractivity contribution is 5.30. The molecule has 1 unspecified atom stereocenters. The first-order valence-corrected chi connectivity index (χ1v) is 6.24. The van der Waals surface area contributed by atoms with Crippen molar-refractivity contribution in [3.05, 3.63) is 29.8 Å². The molecule has 1 atom stereocenters. The van der Waals surface area contributed by atoms with Crippen molar-refractivity contribution in [3.63, 3.8) is 0 Å². The first-order valence-electron chi connectivity index (χ1n) is 6.24. The van der Waals surface area contributed by atoms with E-state index in [1.165, 1.54) is 18.4 Å². The first kappa shape index (κ1) is 12.4.